The fraction of sp³-hybridized carbons (Fsp3) is 0.833. The lowest BCUT2D eigenvalue weighted by Gasteiger charge is -2.42. The Morgan fingerprint density at radius 3 is 2.69 bits per heavy atom. The number of rotatable bonds is 5. The lowest BCUT2D eigenvalue weighted by atomic mass is 9.66. The monoisotopic (exact) mass is 222 g/mol. The quantitative estimate of drug-likeness (QED) is 0.821. The van der Waals surface area contributed by atoms with E-state index in [-0.39, 0.29) is 0 Å². The summed E-state index contributed by atoms with van der Waals surface area (Å²) in [6, 6.07) is 0.567. The Kier molecular flexibility index (Phi) is 3.28. The molecule has 1 aliphatic rings. The van der Waals surface area contributed by atoms with Crippen LogP contribution in [0.1, 0.15) is 38.9 Å². The first-order chi connectivity index (χ1) is 7.61. The van der Waals surface area contributed by atoms with Gasteiger partial charge in [0.15, 0.2) is 0 Å². The molecule has 0 bridgehead atoms. The summed E-state index contributed by atoms with van der Waals surface area (Å²) >= 11 is 0. The highest BCUT2D eigenvalue weighted by atomic mass is 15.3. The maximum atomic E-state index is 4.33. The lowest BCUT2D eigenvalue weighted by Crippen LogP contribution is -2.44. The second-order valence-corrected chi connectivity index (χ2v) is 5.37. The van der Waals surface area contributed by atoms with Crippen molar-refractivity contribution in [1.29, 1.82) is 0 Å². The van der Waals surface area contributed by atoms with Crippen LogP contribution in [-0.2, 0) is 13.5 Å². The van der Waals surface area contributed by atoms with Gasteiger partial charge in [0.1, 0.15) is 12.2 Å². The number of nitrogens with one attached hydrogen (secondary N) is 1. The van der Waals surface area contributed by atoms with Crippen molar-refractivity contribution in [2.45, 2.75) is 45.6 Å². The molecular formula is C12H22N4. The molecule has 1 aliphatic carbocycles. The molecule has 16 heavy (non-hydrogen) atoms. The molecule has 2 rings (SSSR count). The zero-order valence-electron chi connectivity index (χ0n) is 10.5. The number of aromatic nitrogens is 3. The van der Waals surface area contributed by atoms with E-state index in [2.05, 4.69) is 29.2 Å². The Morgan fingerprint density at radius 1 is 1.50 bits per heavy atom. The van der Waals surface area contributed by atoms with Crippen molar-refractivity contribution in [1.82, 2.24) is 20.1 Å². The molecular weight excluding hydrogens is 200 g/mol. The predicted octanol–water partition coefficient (Wildman–Crippen LogP) is 1.53. The van der Waals surface area contributed by atoms with Crippen molar-refractivity contribution in [2.24, 2.45) is 12.5 Å². The van der Waals surface area contributed by atoms with Gasteiger partial charge in [-0.05, 0) is 18.3 Å². The van der Waals surface area contributed by atoms with Crippen LogP contribution in [0.15, 0.2) is 6.33 Å². The van der Waals surface area contributed by atoms with Crippen LogP contribution in [0, 0.1) is 5.41 Å². The normalized spacial score (nSPS) is 18.8. The van der Waals surface area contributed by atoms with E-state index in [1.165, 1.54) is 19.3 Å². The topological polar surface area (TPSA) is 42.7 Å². The molecule has 0 aliphatic heterocycles. The maximum Gasteiger partial charge on any atom is 0.138 e. The first-order valence-electron chi connectivity index (χ1n) is 6.18. The summed E-state index contributed by atoms with van der Waals surface area (Å²) in [4.78, 5) is 4.33. The Labute approximate surface area is 97.5 Å². The Bertz CT molecular complexity index is 339. The van der Waals surface area contributed by atoms with Gasteiger partial charge >= 0.3 is 0 Å². The summed E-state index contributed by atoms with van der Waals surface area (Å²) in [5.41, 5.74) is 0.436. The molecule has 0 aromatic carbocycles. The molecule has 0 atom stereocenters. The van der Waals surface area contributed by atoms with Crippen LogP contribution in [0.2, 0.25) is 0 Å². The van der Waals surface area contributed by atoms with Gasteiger partial charge in [0, 0.05) is 26.1 Å². The van der Waals surface area contributed by atoms with E-state index >= 15 is 0 Å². The zero-order chi connectivity index (χ0) is 11.6. The van der Waals surface area contributed by atoms with Gasteiger partial charge in [0.05, 0.1) is 0 Å². The minimum Gasteiger partial charge on any atom is -0.314 e. The van der Waals surface area contributed by atoms with E-state index in [9.17, 15) is 0 Å². The van der Waals surface area contributed by atoms with Crippen LogP contribution < -0.4 is 5.32 Å². The van der Waals surface area contributed by atoms with E-state index in [0.29, 0.717) is 11.5 Å². The molecule has 0 radical (unpaired) electrons. The summed E-state index contributed by atoms with van der Waals surface area (Å²) in [6.07, 6.45) is 6.71. The van der Waals surface area contributed by atoms with Gasteiger partial charge < -0.3 is 5.32 Å². The van der Waals surface area contributed by atoms with E-state index in [1.54, 1.807) is 6.33 Å². The minimum absolute atomic E-state index is 0.436. The zero-order valence-corrected chi connectivity index (χ0v) is 10.5. The number of nitrogens with zero attached hydrogens (tertiary/aromatic N) is 3. The average Bonchev–Trinajstić information content (AvgIpc) is 2.56. The van der Waals surface area contributed by atoms with E-state index < -0.39 is 0 Å². The van der Waals surface area contributed by atoms with Gasteiger partial charge in [0.25, 0.3) is 0 Å². The van der Waals surface area contributed by atoms with E-state index in [1.807, 2.05) is 11.7 Å². The maximum absolute atomic E-state index is 4.33. The van der Waals surface area contributed by atoms with Crippen molar-refractivity contribution in [3.63, 3.8) is 0 Å². The second-order valence-electron chi connectivity index (χ2n) is 5.37. The molecule has 1 aromatic heterocycles. The van der Waals surface area contributed by atoms with Crippen molar-refractivity contribution in [2.75, 3.05) is 6.54 Å². The average molecular weight is 222 g/mol. The molecule has 0 unspecified atom stereocenters. The highest BCUT2D eigenvalue weighted by Gasteiger charge is 2.37. The fourth-order valence-electron chi connectivity index (χ4n) is 2.33. The van der Waals surface area contributed by atoms with Crippen LogP contribution in [0.4, 0.5) is 0 Å². The smallest absolute Gasteiger partial charge is 0.138 e. The molecule has 4 heteroatoms. The highest BCUT2D eigenvalue weighted by molar-refractivity contribution is 4.99. The van der Waals surface area contributed by atoms with Gasteiger partial charge in [-0.25, -0.2) is 4.98 Å². The number of hydrogen-bond acceptors (Lipinski definition) is 3. The van der Waals surface area contributed by atoms with Gasteiger partial charge in [-0.1, -0.05) is 20.3 Å². The van der Waals surface area contributed by atoms with Crippen molar-refractivity contribution in [3.05, 3.63) is 12.2 Å². The third-order valence-electron chi connectivity index (χ3n) is 3.64. The highest BCUT2D eigenvalue weighted by Crippen LogP contribution is 2.42. The summed E-state index contributed by atoms with van der Waals surface area (Å²) in [5, 5.41) is 7.70. The van der Waals surface area contributed by atoms with Gasteiger partial charge in [-0.2, -0.15) is 5.10 Å². The fourth-order valence-corrected chi connectivity index (χ4v) is 2.33. The molecule has 90 valence electrons. The van der Waals surface area contributed by atoms with E-state index in [4.69, 9.17) is 0 Å². The van der Waals surface area contributed by atoms with Crippen LogP contribution >= 0.6 is 0 Å². The SMILES string of the molecule is CC(C)NCC1(Cc2ncnn2C)CCC1. The second kappa shape index (κ2) is 4.53. The van der Waals surface area contributed by atoms with Crippen molar-refractivity contribution < 1.29 is 0 Å². The third kappa shape index (κ3) is 2.43. The van der Waals surface area contributed by atoms with Crippen LogP contribution in [0.3, 0.4) is 0 Å². The summed E-state index contributed by atoms with van der Waals surface area (Å²) in [6.45, 7) is 5.51. The first-order valence-corrected chi connectivity index (χ1v) is 6.18. The van der Waals surface area contributed by atoms with Gasteiger partial charge in [-0.15, -0.1) is 0 Å². The Hall–Kier alpha value is -0.900. The van der Waals surface area contributed by atoms with Crippen LogP contribution in [-0.4, -0.2) is 27.4 Å². The number of hydrogen-bond donors (Lipinski definition) is 1. The summed E-state index contributed by atoms with van der Waals surface area (Å²) in [7, 11) is 1.98. The third-order valence-corrected chi connectivity index (χ3v) is 3.64. The van der Waals surface area contributed by atoms with Gasteiger partial charge in [0.2, 0.25) is 0 Å². The van der Waals surface area contributed by atoms with Crippen LogP contribution in [0.25, 0.3) is 0 Å². The molecule has 1 N–H and O–H groups in total. The molecule has 1 fully saturated rings. The lowest BCUT2D eigenvalue weighted by molar-refractivity contribution is 0.122. The molecule has 4 nitrogen and oxygen atoms in total. The molecule has 0 amide bonds. The van der Waals surface area contributed by atoms with Crippen molar-refractivity contribution in [3.8, 4) is 0 Å². The Morgan fingerprint density at radius 2 is 2.25 bits per heavy atom. The number of aryl methyl sites for hydroxylation is 1. The molecule has 1 heterocycles. The summed E-state index contributed by atoms with van der Waals surface area (Å²) in [5.74, 6) is 1.12. The molecule has 0 saturated heterocycles. The molecule has 0 spiro atoms. The van der Waals surface area contributed by atoms with E-state index in [0.717, 1.165) is 18.8 Å². The van der Waals surface area contributed by atoms with Gasteiger partial charge in [-0.3, -0.25) is 4.68 Å². The summed E-state index contributed by atoms with van der Waals surface area (Å²) < 4.78 is 1.90. The Balaban J connectivity index is 1.97. The minimum atomic E-state index is 0.436. The standard InChI is InChI=1S/C12H22N4/c1-10(2)13-8-12(5-4-6-12)7-11-14-9-15-16(11)3/h9-10,13H,4-8H2,1-3H3. The van der Waals surface area contributed by atoms with Crippen LogP contribution in [0.5, 0.6) is 0 Å². The predicted molar refractivity (Wildman–Crippen MR) is 64.1 cm³/mol. The largest absolute Gasteiger partial charge is 0.314 e. The van der Waals surface area contributed by atoms with Crippen molar-refractivity contribution >= 4 is 0 Å². The molecule has 1 saturated carbocycles. The molecule has 1 aromatic rings. The first kappa shape index (κ1) is 11.6.